The standard InChI is InChI=1S/C10H11ClO4S/c1-2-16(14,15)8-4-3-7(5-10(12)13)9(11)6-8/h3-4,6H,2,5H2,1H3,(H,12,13). The molecule has 4 nitrogen and oxygen atoms in total. The second-order valence-corrected chi connectivity index (χ2v) is 5.91. The molecule has 1 rings (SSSR count). The van der Waals surface area contributed by atoms with Gasteiger partial charge in [-0.15, -0.1) is 0 Å². The molecule has 0 heterocycles. The van der Waals surface area contributed by atoms with Crippen LogP contribution in [0, 0.1) is 0 Å². The molecule has 0 unspecified atom stereocenters. The van der Waals surface area contributed by atoms with Gasteiger partial charge in [0.1, 0.15) is 0 Å². The number of carboxylic acid groups (broad SMARTS) is 1. The second-order valence-electron chi connectivity index (χ2n) is 3.23. The summed E-state index contributed by atoms with van der Waals surface area (Å²) in [6.45, 7) is 1.54. The average molecular weight is 263 g/mol. The van der Waals surface area contributed by atoms with Gasteiger partial charge in [0.25, 0.3) is 0 Å². The largest absolute Gasteiger partial charge is 0.481 e. The van der Waals surface area contributed by atoms with Gasteiger partial charge in [-0.05, 0) is 17.7 Å². The van der Waals surface area contributed by atoms with Crippen molar-refractivity contribution in [2.24, 2.45) is 0 Å². The first-order valence-electron chi connectivity index (χ1n) is 4.60. The van der Waals surface area contributed by atoms with Crippen LogP contribution >= 0.6 is 11.6 Å². The number of rotatable bonds is 4. The molecule has 0 aliphatic carbocycles. The minimum Gasteiger partial charge on any atom is -0.481 e. The zero-order valence-corrected chi connectivity index (χ0v) is 10.2. The van der Waals surface area contributed by atoms with E-state index in [1.807, 2.05) is 0 Å². The molecule has 0 spiro atoms. The van der Waals surface area contributed by atoms with Crippen molar-refractivity contribution in [2.45, 2.75) is 18.2 Å². The number of halogens is 1. The average Bonchev–Trinajstić information content (AvgIpc) is 2.20. The van der Waals surface area contributed by atoms with Crippen LogP contribution < -0.4 is 0 Å². The molecular weight excluding hydrogens is 252 g/mol. The van der Waals surface area contributed by atoms with Gasteiger partial charge in [-0.3, -0.25) is 4.79 Å². The summed E-state index contributed by atoms with van der Waals surface area (Å²) in [4.78, 5) is 10.6. The topological polar surface area (TPSA) is 71.4 Å². The van der Waals surface area contributed by atoms with Gasteiger partial charge in [-0.25, -0.2) is 8.42 Å². The molecule has 1 aromatic carbocycles. The maximum atomic E-state index is 11.5. The third-order valence-electron chi connectivity index (χ3n) is 2.11. The predicted molar refractivity (Wildman–Crippen MR) is 60.5 cm³/mol. The molecule has 0 amide bonds. The van der Waals surface area contributed by atoms with E-state index in [0.29, 0.717) is 5.56 Å². The van der Waals surface area contributed by atoms with Crippen LogP contribution in [0.15, 0.2) is 23.1 Å². The van der Waals surface area contributed by atoms with Gasteiger partial charge < -0.3 is 5.11 Å². The van der Waals surface area contributed by atoms with E-state index >= 15 is 0 Å². The highest BCUT2D eigenvalue weighted by molar-refractivity contribution is 7.91. The van der Waals surface area contributed by atoms with E-state index in [-0.39, 0.29) is 22.1 Å². The van der Waals surface area contributed by atoms with Crippen molar-refractivity contribution in [3.8, 4) is 0 Å². The number of aliphatic carboxylic acids is 1. The summed E-state index contributed by atoms with van der Waals surface area (Å²) in [6, 6.07) is 4.10. The van der Waals surface area contributed by atoms with Crippen molar-refractivity contribution in [3.05, 3.63) is 28.8 Å². The van der Waals surface area contributed by atoms with E-state index in [2.05, 4.69) is 0 Å². The highest BCUT2D eigenvalue weighted by Gasteiger charge is 2.14. The maximum Gasteiger partial charge on any atom is 0.307 e. The fraction of sp³-hybridized carbons (Fsp3) is 0.300. The molecular formula is C10H11ClO4S. The van der Waals surface area contributed by atoms with Crippen LogP contribution in [0.1, 0.15) is 12.5 Å². The van der Waals surface area contributed by atoms with Crippen LogP contribution in [0.2, 0.25) is 5.02 Å². The molecule has 16 heavy (non-hydrogen) atoms. The van der Waals surface area contributed by atoms with Crippen molar-refractivity contribution < 1.29 is 18.3 Å². The Bertz CT molecular complexity index is 508. The third kappa shape index (κ3) is 2.96. The minimum absolute atomic E-state index is 0.0123. The van der Waals surface area contributed by atoms with E-state index in [1.165, 1.54) is 25.1 Å². The van der Waals surface area contributed by atoms with Gasteiger partial charge in [0, 0.05) is 5.02 Å². The summed E-state index contributed by atoms with van der Waals surface area (Å²) in [5.74, 6) is -1.02. The Hall–Kier alpha value is -1.07. The molecule has 0 saturated carbocycles. The Kier molecular flexibility index (Phi) is 3.93. The lowest BCUT2D eigenvalue weighted by Gasteiger charge is -2.05. The first-order valence-corrected chi connectivity index (χ1v) is 6.63. The summed E-state index contributed by atoms with van der Waals surface area (Å²) in [5, 5.41) is 8.75. The van der Waals surface area contributed by atoms with Crippen LogP contribution in [0.5, 0.6) is 0 Å². The summed E-state index contributed by atoms with van der Waals surface area (Å²) < 4.78 is 23.0. The van der Waals surface area contributed by atoms with Gasteiger partial charge in [0.2, 0.25) is 0 Å². The first-order chi connectivity index (χ1) is 7.36. The van der Waals surface area contributed by atoms with Crippen LogP contribution in [0.25, 0.3) is 0 Å². The smallest absolute Gasteiger partial charge is 0.307 e. The molecule has 0 radical (unpaired) electrons. The summed E-state index contributed by atoms with van der Waals surface area (Å²) in [5.41, 5.74) is 0.407. The Morgan fingerprint density at radius 3 is 2.50 bits per heavy atom. The van der Waals surface area contributed by atoms with E-state index in [4.69, 9.17) is 16.7 Å². The Labute approximate surface area is 98.8 Å². The molecule has 0 bridgehead atoms. The number of sulfone groups is 1. The van der Waals surface area contributed by atoms with E-state index in [0.717, 1.165) is 0 Å². The van der Waals surface area contributed by atoms with Gasteiger partial charge in [0.05, 0.1) is 17.1 Å². The van der Waals surface area contributed by atoms with Gasteiger partial charge in [-0.1, -0.05) is 24.6 Å². The summed E-state index contributed by atoms with van der Waals surface area (Å²) >= 11 is 5.81. The molecule has 6 heteroatoms. The fourth-order valence-corrected chi connectivity index (χ4v) is 2.41. The van der Waals surface area contributed by atoms with Crippen LogP contribution in [-0.4, -0.2) is 25.2 Å². The highest BCUT2D eigenvalue weighted by atomic mass is 35.5. The Balaban J connectivity index is 3.14. The molecule has 0 fully saturated rings. The summed E-state index contributed by atoms with van der Waals surface area (Å²) in [7, 11) is -3.30. The predicted octanol–water partition coefficient (Wildman–Crippen LogP) is 1.76. The van der Waals surface area contributed by atoms with Gasteiger partial charge >= 0.3 is 5.97 Å². The van der Waals surface area contributed by atoms with Crippen molar-refractivity contribution in [3.63, 3.8) is 0 Å². The molecule has 0 aliphatic rings. The monoisotopic (exact) mass is 262 g/mol. The van der Waals surface area contributed by atoms with Crippen molar-refractivity contribution >= 4 is 27.4 Å². The van der Waals surface area contributed by atoms with Crippen LogP contribution in [0.3, 0.4) is 0 Å². The maximum absolute atomic E-state index is 11.5. The second kappa shape index (κ2) is 4.84. The van der Waals surface area contributed by atoms with E-state index in [1.54, 1.807) is 0 Å². The lowest BCUT2D eigenvalue weighted by Crippen LogP contribution is -2.05. The number of hydrogen-bond acceptors (Lipinski definition) is 3. The third-order valence-corrected chi connectivity index (χ3v) is 4.19. The van der Waals surface area contributed by atoms with Gasteiger partial charge in [0.15, 0.2) is 9.84 Å². The number of hydrogen-bond donors (Lipinski definition) is 1. The molecule has 0 saturated heterocycles. The highest BCUT2D eigenvalue weighted by Crippen LogP contribution is 2.22. The zero-order valence-electron chi connectivity index (χ0n) is 8.60. The summed E-state index contributed by atoms with van der Waals surface area (Å²) in [6.07, 6.45) is -0.217. The Morgan fingerprint density at radius 2 is 2.06 bits per heavy atom. The van der Waals surface area contributed by atoms with Crippen LogP contribution in [0.4, 0.5) is 0 Å². The molecule has 88 valence electrons. The Morgan fingerprint density at radius 1 is 1.44 bits per heavy atom. The quantitative estimate of drug-likeness (QED) is 0.898. The number of benzene rings is 1. The van der Waals surface area contributed by atoms with Crippen molar-refractivity contribution in [1.82, 2.24) is 0 Å². The van der Waals surface area contributed by atoms with Crippen molar-refractivity contribution in [1.29, 1.82) is 0 Å². The molecule has 1 aromatic rings. The minimum atomic E-state index is -3.30. The molecule has 0 aliphatic heterocycles. The van der Waals surface area contributed by atoms with Gasteiger partial charge in [-0.2, -0.15) is 0 Å². The van der Waals surface area contributed by atoms with E-state index < -0.39 is 15.8 Å². The first kappa shape index (κ1) is 13.0. The van der Waals surface area contributed by atoms with E-state index in [9.17, 15) is 13.2 Å². The SMILES string of the molecule is CCS(=O)(=O)c1ccc(CC(=O)O)c(Cl)c1. The lowest BCUT2D eigenvalue weighted by molar-refractivity contribution is -0.136. The fourth-order valence-electron chi connectivity index (χ4n) is 1.19. The molecule has 0 atom stereocenters. The zero-order chi connectivity index (χ0) is 12.3. The van der Waals surface area contributed by atoms with Crippen molar-refractivity contribution in [2.75, 3.05) is 5.75 Å². The normalized spacial score (nSPS) is 11.4. The molecule has 1 N–H and O–H groups in total. The number of carboxylic acids is 1. The van der Waals surface area contributed by atoms with Crippen LogP contribution in [-0.2, 0) is 21.1 Å². The molecule has 0 aromatic heterocycles. The number of carbonyl (C=O) groups is 1. The lowest BCUT2D eigenvalue weighted by atomic mass is 10.1.